The van der Waals surface area contributed by atoms with E-state index in [0.29, 0.717) is 11.7 Å². The normalized spacial score (nSPS) is 20.5. The summed E-state index contributed by atoms with van der Waals surface area (Å²) < 4.78 is 1.94. The number of carbonyl (C=O) groups is 1. The van der Waals surface area contributed by atoms with Gasteiger partial charge in [0.05, 0.1) is 0 Å². The minimum absolute atomic E-state index is 0.131. The number of rotatable bonds is 7. The summed E-state index contributed by atoms with van der Waals surface area (Å²) in [5.41, 5.74) is 3.13. The van der Waals surface area contributed by atoms with Crippen LogP contribution in [-0.2, 0) is 19.9 Å². The smallest absolute Gasteiger partial charge is 0.274 e. The Morgan fingerprint density at radius 2 is 2.04 bits per heavy atom. The van der Waals surface area contributed by atoms with Crippen molar-refractivity contribution in [2.45, 2.75) is 39.2 Å². The number of hydrogen-bond donors (Lipinski definition) is 1. The van der Waals surface area contributed by atoms with Gasteiger partial charge in [-0.25, -0.2) is 0 Å². The van der Waals surface area contributed by atoms with Crippen molar-refractivity contribution in [3.05, 3.63) is 17.0 Å². The Morgan fingerprint density at radius 3 is 2.73 bits per heavy atom. The average Bonchev–Trinajstić information content (AvgIpc) is 3.01. The molecule has 1 aliphatic heterocycles. The second kappa shape index (κ2) is 9.24. The van der Waals surface area contributed by atoms with Crippen molar-refractivity contribution in [1.82, 2.24) is 24.9 Å². The number of likely N-dealkylation sites (N-methyl/N-ethyl adjacent to an activating group) is 1. The highest BCUT2D eigenvalue weighted by Crippen LogP contribution is 2.26. The predicted octanol–water partition coefficient (Wildman–Crippen LogP) is 1.40. The Labute approximate surface area is 161 Å². The molecule has 1 atom stereocenters. The molecule has 1 aromatic heterocycles. The maximum absolute atomic E-state index is 13.0. The first-order valence-electron chi connectivity index (χ1n) is 10.0. The lowest BCUT2D eigenvalue weighted by molar-refractivity contribution is 0.0764. The molecular formula is C19H33N5OS. The van der Waals surface area contributed by atoms with Crippen molar-refractivity contribution in [3.63, 3.8) is 0 Å². The summed E-state index contributed by atoms with van der Waals surface area (Å²) >= 11 is 1.93. The lowest BCUT2D eigenvalue weighted by atomic mass is 9.91. The zero-order chi connectivity index (χ0) is 18.5. The topological polar surface area (TPSA) is 53.4 Å². The van der Waals surface area contributed by atoms with E-state index in [-0.39, 0.29) is 5.91 Å². The fourth-order valence-electron chi connectivity index (χ4n) is 4.02. The van der Waals surface area contributed by atoms with Crippen LogP contribution >= 0.6 is 11.8 Å². The first-order chi connectivity index (χ1) is 12.6. The summed E-state index contributed by atoms with van der Waals surface area (Å²) in [6, 6.07) is 0.450. The molecule has 1 fully saturated rings. The van der Waals surface area contributed by atoms with E-state index in [1.165, 1.54) is 11.3 Å². The molecule has 1 aromatic rings. The summed E-state index contributed by atoms with van der Waals surface area (Å²) in [5, 5.41) is 8.33. The molecule has 6 nitrogen and oxygen atoms in total. The molecule has 1 saturated heterocycles. The third-order valence-corrected chi connectivity index (χ3v) is 6.65. The lowest BCUT2D eigenvalue weighted by Gasteiger charge is -2.28. The minimum Gasteiger partial charge on any atom is -0.336 e. The molecule has 0 saturated carbocycles. The molecule has 0 bridgehead atoms. The highest BCUT2D eigenvalue weighted by molar-refractivity contribution is 7.99. The summed E-state index contributed by atoms with van der Waals surface area (Å²) in [7, 11) is 1.98. The molecule has 1 unspecified atom stereocenters. The van der Waals surface area contributed by atoms with Gasteiger partial charge >= 0.3 is 0 Å². The van der Waals surface area contributed by atoms with E-state index in [1.807, 2.05) is 28.4 Å². The first kappa shape index (κ1) is 19.7. The Morgan fingerprint density at radius 1 is 1.31 bits per heavy atom. The fourth-order valence-corrected chi connectivity index (χ4v) is 4.92. The number of carbonyl (C=O) groups excluding carboxylic acids is 1. The maximum Gasteiger partial charge on any atom is 0.274 e. The number of nitrogens with zero attached hydrogens (tertiary/aromatic N) is 4. The Bertz CT molecular complexity index is 607. The van der Waals surface area contributed by atoms with Crippen LogP contribution in [0.4, 0.5) is 0 Å². The molecule has 26 heavy (non-hydrogen) atoms. The Kier molecular flexibility index (Phi) is 7.00. The molecule has 3 rings (SSSR count). The molecule has 1 aliphatic carbocycles. The lowest BCUT2D eigenvalue weighted by Crippen LogP contribution is -2.41. The summed E-state index contributed by atoms with van der Waals surface area (Å²) in [5.74, 6) is 2.21. The highest BCUT2D eigenvalue weighted by atomic mass is 32.2. The van der Waals surface area contributed by atoms with Gasteiger partial charge in [-0.3, -0.25) is 9.48 Å². The van der Waals surface area contributed by atoms with Crippen LogP contribution in [0.3, 0.4) is 0 Å². The van der Waals surface area contributed by atoms with Crippen LogP contribution in [0.1, 0.15) is 42.0 Å². The Hall–Kier alpha value is -1.05. The van der Waals surface area contributed by atoms with Gasteiger partial charge < -0.3 is 15.1 Å². The number of thioether (sulfide) groups is 1. The van der Waals surface area contributed by atoms with Gasteiger partial charge in [0.15, 0.2) is 5.69 Å². The van der Waals surface area contributed by atoms with Crippen LogP contribution in [0.2, 0.25) is 0 Å². The molecule has 2 aliphatic rings. The van der Waals surface area contributed by atoms with E-state index in [4.69, 9.17) is 0 Å². The van der Waals surface area contributed by atoms with Crippen molar-refractivity contribution >= 4 is 17.7 Å². The van der Waals surface area contributed by atoms with E-state index in [2.05, 4.69) is 29.2 Å². The number of aryl methyl sites for hydroxylation is 1. The van der Waals surface area contributed by atoms with Crippen molar-refractivity contribution < 1.29 is 4.79 Å². The predicted molar refractivity (Wildman–Crippen MR) is 108 cm³/mol. The van der Waals surface area contributed by atoms with Gasteiger partial charge in [-0.2, -0.15) is 16.9 Å². The minimum atomic E-state index is 0.131. The van der Waals surface area contributed by atoms with E-state index < -0.39 is 0 Å². The highest BCUT2D eigenvalue weighted by Gasteiger charge is 2.30. The maximum atomic E-state index is 13.0. The Balaban J connectivity index is 1.64. The number of hydrogen-bond acceptors (Lipinski definition) is 5. The van der Waals surface area contributed by atoms with Crippen LogP contribution < -0.4 is 5.32 Å². The summed E-state index contributed by atoms with van der Waals surface area (Å²) in [6.07, 6.45) is 3.05. The van der Waals surface area contributed by atoms with Gasteiger partial charge in [0, 0.05) is 62.0 Å². The standard InChI is InChI=1S/C19H33N5OS/c1-4-23(5-2)9-8-20-15-6-7-17-16(14-15)18(21-22(17)3)19(25)24-10-12-26-13-11-24/h15,20H,4-14H2,1-3H3. The van der Waals surface area contributed by atoms with Crippen molar-refractivity contribution in [2.75, 3.05) is 50.8 Å². The second-order valence-electron chi connectivity index (χ2n) is 7.22. The quantitative estimate of drug-likeness (QED) is 0.776. The number of aromatic nitrogens is 2. The van der Waals surface area contributed by atoms with Gasteiger partial charge in [-0.05, 0) is 32.4 Å². The molecule has 2 heterocycles. The zero-order valence-electron chi connectivity index (χ0n) is 16.5. The van der Waals surface area contributed by atoms with Gasteiger partial charge in [-0.1, -0.05) is 13.8 Å². The molecule has 1 N–H and O–H groups in total. The van der Waals surface area contributed by atoms with Crippen molar-refractivity contribution in [2.24, 2.45) is 7.05 Å². The third kappa shape index (κ3) is 4.43. The molecule has 7 heteroatoms. The van der Waals surface area contributed by atoms with Crippen LogP contribution in [0.15, 0.2) is 0 Å². The summed E-state index contributed by atoms with van der Waals surface area (Å²) in [6.45, 7) is 10.4. The average molecular weight is 380 g/mol. The largest absolute Gasteiger partial charge is 0.336 e. The SMILES string of the molecule is CCN(CC)CCNC1CCc2c(c(C(=O)N3CCSCC3)nn2C)C1. The van der Waals surface area contributed by atoms with Crippen molar-refractivity contribution in [1.29, 1.82) is 0 Å². The molecule has 0 spiro atoms. The van der Waals surface area contributed by atoms with Gasteiger partial charge in [0.25, 0.3) is 5.91 Å². The number of nitrogens with one attached hydrogen (secondary N) is 1. The third-order valence-electron chi connectivity index (χ3n) is 5.71. The zero-order valence-corrected chi connectivity index (χ0v) is 17.3. The first-order valence-corrected chi connectivity index (χ1v) is 11.2. The molecule has 146 valence electrons. The van der Waals surface area contributed by atoms with E-state index in [9.17, 15) is 4.79 Å². The van der Waals surface area contributed by atoms with Crippen LogP contribution in [-0.4, -0.2) is 82.3 Å². The van der Waals surface area contributed by atoms with Gasteiger partial charge in [0.2, 0.25) is 0 Å². The molecule has 0 radical (unpaired) electrons. The summed E-state index contributed by atoms with van der Waals surface area (Å²) in [4.78, 5) is 17.4. The molecule has 1 amide bonds. The number of amides is 1. The second-order valence-corrected chi connectivity index (χ2v) is 8.45. The van der Waals surface area contributed by atoms with Crippen LogP contribution in [0.5, 0.6) is 0 Å². The van der Waals surface area contributed by atoms with Gasteiger partial charge in [0.1, 0.15) is 0 Å². The molecule has 0 aromatic carbocycles. The molecular weight excluding hydrogens is 346 g/mol. The fraction of sp³-hybridized carbons (Fsp3) is 0.789. The van der Waals surface area contributed by atoms with E-state index >= 15 is 0 Å². The van der Waals surface area contributed by atoms with Gasteiger partial charge in [-0.15, -0.1) is 0 Å². The van der Waals surface area contributed by atoms with Crippen LogP contribution in [0.25, 0.3) is 0 Å². The van der Waals surface area contributed by atoms with Crippen LogP contribution in [0, 0.1) is 0 Å². The number of fused-ring (bicyclic) bond motifs is 1. The monoisotopic (exact) mass is 379 g/mol. The van der Waals surface area contributed by atoms with E-state index in [1.54, 1.807) is 0 Å². The van der Waals surface area contributed by atoms with Crippen molar-refractivity contribution in [3.8, 4) is 0 Å². The van der Waals surface area contributed by atoms with E-state index in [0.717, 1.165) is 70.0 Å².